The van der Waals surface area contributed by atoms with Crippen LogP contribution in [0.15, 0.2) is 59.5 Å². The van der Waals surface area contributed by atoms with Gasteiger partial charge in [0.2, 0.25) is 5.95 Å². The highest BCUT2D eigenvalue weighted by atomic mass is 32.2. The van der Waals surface area contributed by atoms with Crippen molar-refractivity contribution in [2.75, 3.05) is 24.5 Å². The number of nitrogens with one attached hydrogen (secondary N) is 1. The number of benzene rings is 2. The van der Waals surface area contributed by atoms with E-state index in [9.17, 15) is 26.0 Å². The number of anilines is 1. The minimum Gasteiger partial charge on any atom is -0.493 e. The maximum absolute atomic E-state index is 13.4. The molecule has 1 N–H and O–H groups in total. The van der Waals surface area contributed by atoms with Crippen molar-refractivity contribution in [1.29, 1.82) is 0 Å². The Morgan fingerprint density at radius 1 is 1.00 bits per heavy atom. The second-order valence-electron chi connectivity index (χ2n) is 8.69. The predicted octanol–water partition coefficient (Wildman–Crippen LogP) is 5.12. The van der Waals surface area contributed by atoms with Crippen molar-refractivity contribution in [2.24, 2.45) is 0 Å². The van der Waals surface area contributed by atoms with Crippen LogP contribution >= 0.6 is 0 Å². The molecule has 0 aliphatic carbocycles. The third-order valence-electron chi connectivity index (χ3n) is 6.19. The van der Waals surface area contributed by atoms with Crippen LogP contribution in [0, 0.1) is 5.95 Å². The van der Waals surface area contributed by atoms with E-state index in [4.69, 9.17) is 14.2 Å². The topological polar surface area (TPSA) is 86.8 Å². The number of hydrogen-bond acceptors (Lipinski definition) is 6. The molecule has 5 rings (SSSR count). The molecule has 1 aromatic heterocycles. The minimum atomic E-state index is -4.54. The number of hydrogen-bond donors (Lipinski definition) is 1. The lowest BCUT2D eigenvalue weighted by molar-refractivity contribution is -0.137. The summed E-state index contributed by atoms with van der Waals surface area (Å²) in [5.41, 5.74) is 0.333. The van der Waals surface area contributed by atoms with Crippen LogP contribution in [0.5, 0.6) is 11.5 Å². The van der Waals surface area contributed by atoms with E-state index in [0.717, 1.165) is 18.2 Å². The Kier molecular flexibility index (Phi) is 6.71. The minimum absolute atomic E-state index is 0.110. The van der Waals surface area contributed by atoms with Crippen molar-refractivity contribution in [3.8, 4) is 11.5 Å². The summed E-state index contributed by atoms with van der Waals surface area (Å²) < 4.78 is 98.6. The largest absolute Gasteiger partial charge is 0.493 e. The number of pyridine rings is 1. The molecule has 0 unspecified atom stereocenters. The molecule has 0 amide bonds. The summed E-state index contributed by atoms with van der Waals surface area (Å²) in [5, 5.41) is 0. The van der Waals surface area contributed by atoms with E-state index in [0.29, 0.717) is 30.6 Å². The first kappa shape index (κ1) is 25.3. The summed E-state index contributed by atoms with van der Waals surface area (Å²) in [5.74, 6) is -1.02. The lowest BCUT2D eigenvalue weighted by Gasteiger charge is -2.29. The number of alkyl halides is 3. The van der Waals surface area contributed by atoms with Crippen LogP contribution in [-0.4, -0.2) is 39.3 Å². The van der Waals surface area contributed by atoms with Crippen molar-refractivity contribution in [3.63, 3.8) is 0 Å². The van der Waals surface area contributed by atoms with Gasteiger partial charge in [0.25, 0.3) is 10.0 Å². The van der Waals surface area contributed by atoms with Crippen molar-refractivity contribution >= 4 is 15.8 Å². The molecule has 196 valence electrons. The highest BCUT2D eigenvalue weighted by Gasteiger charge is 2.34. The van der Waals surface area contributed by atoms with Crippen LogP contribution in [0.1, 0.15) is 35.4 Å². The molecule has 0 bridgehead atoms. The average molecular weight is 539 g/mol. The van der Waals surface area contributed by atoms with Gasteiger partial charge < -0.3 is 14.2 Å². The van der Waals surface area contributed by atoms with Gasteiger partial charge in [0.05, 0.1) is 30.3 Å². The first-order chi connectivity index (χ1) is 17.6. The van der Waals surface area contributed by atoms with Gasteiger partial charge in [-0.2, -0.15) is 17.6 Å². The normalized spacial score (nSPS) is 19.7. The van der Waals surface area contributed by atoms with Crippen molar-refractivity contribution in [2.45, 2.75) is 35.9 Å². The maximum atomic E-state index is 13.4. The summed E-state index contributed by atoms with van der Waals surface area (Å²) in [7, 11) is -4.11. The van der Waals surface area contributed by atoms with Gasteiger partial charge in [0.1, 0.15) is 23.4 Å². The van der Waals surface area contributed by atoms with Crippen LogP contribution in [0.4, 0.5) is 23.4 Å². The Morgan fingerprint density at radius 2 is 1.81 bits per heavy atom. The number of sulfonamides is 1. The Labute approximate surface area is 210 Å². The molecule has 2 aliphatic heterocycles. The van der Waals surface area contributed by atoms with Crippen LogP contribution in [0.2, 0.25) is 0 Å². The number of rotatable bonds is 6. The summed E-state index contributed by atoms with van der Waals surface area (Å²) >= 11 is 0. The van der Waals surface area contributed by atoms with Gasteiger partial charge >= 0.3 is 6.18 Å². The quantitative estimate of drug-likeness (QED) is 0.346. The van der Waals surface area contributed by atoms with Gasteiger partial charge in [-0.25, -0.2) is 13.4 Å². The van der Waals surface area contributed by atoms with Gasteiger partial charge in [-0.15, -0.1) is 0 Å². The third-order valence-corrected chi connectivity index (χ3v) is 7.54. The second kappa shape index (κ2) is 9.82. The molecule has 1 saturated heterocycles. The number of halogens is 4. The monoisotopic (exact) mass is 538 g/mol. The van der Waals surface area contributed by atoms with Crippen molar-refractivity contribution in [1.82, 2.24) is 4.98 Å². The molecule has 3 heterocycles. The zero-order valence-corrected chi connectivity index (χ0v) is 20.1. The van der Waals surface area contributed by atoms with E-state index in [1.807, 2.05) is 0 Å². The molecular formula is C25H22F4N2O5S. The molecule has 7 nitrogen and oxygen atoms in total. The molecule has 3 aromatic rings. The van der Waals surface area contributed by atoms with E-state index in [2.05, 4.69) is 9.71 Å². The van der Waals surface area contributed by atoms with Gasteiger partial charge in [-0.05, 0) is 36.8 Å². The van der Waals surface area contributed by atoms with Gasteiger partial charge in [0.15, 0.2) is 0 Å². The Hall–Kier alpha value is -3.38. The van der Waals surface area contributed by atoms with Gasteiger partial charge in [0, 0.05) is 29.5 Å². The molecule has 1 fully saturated rings. The Balaban J connectivity index is 1.48. The average Bonchev–Trinajstić information content (AvgIpc) is 3.36. The highest BCUT2D eigenvalue weighted by Crippen LogP contribution is 2.44. The number of fused-ring (bicyclic) bond motifs is 1. The van der Waals surface area contributed by atoms with E-state index in [1.165, 1.54) is 30.3 Å². The zero-order chi connectivity index (χ0) is 26.2. The Bertz CT molecular complexity index is 1410. The maximum Gasteiger partial charge on any atom is 0.416 e. The fourth-order valence-corrected chi connectivity index (χ4v) is 5.42. The summed E-state index contributed by atoms with van der Waals surface area (Å²) in [4.78, 5) is 3.37. The van der Waals surface area contributed by atoms with Crippen LogP contribution in [-0.2, 0) is 20.9 Å². The van der Waals surface area contributed by atoms with Crippen molar-refractivity contribution in [3.05, 3.63) is 77.2 Å². The number of nitrogens with zero attached hydrogens (tertiary/aromatic N) is 1. The second-order valence-corrected chi connectivity index (χ2v) is 10.4. The van der Waals surface area contributed by atoms with E-state index in [-0.39, 0.29) is 41.5 Å². The smallest absolute Gasteiger partial charge is 0.416 e. The standard InChI is InChI=1S/C25H22F4N2O5S/c26-23-2-1-3-24(30-23)31-37(32,33)17-5-7-19-18(9-11-35-21(19)13-17)20-6-4-15(25(27,28)29)12-22(20)36-16-8-10-34-14-16/h1-7,12-13,16,18H,8-11,14H2,(H,30,31)/t16-,18-/m0/s1. The third kappa shape index (κ3) is 5.49. The fourth-order valence-electron chi connectivity index (χ4n) is 4.41. The summed E-state index contributed by atoms with van der Waals surface area (Å²) in [6.45, 7) is 0.969. The van der Waals surface area contributed by atoms with E-state index >= 15 is 0 Å². The zero-order valence-electron chi connectivity index (χ0n) is 19.3. The van der Waals surface area contributed by atoms with Gasteiger partial charge in [-0.1, -0.05) is 18.2 Å². The fraction of sp³-hybridized carbons (Fsp3) is 0.320. The highest BCUT2D eigenvalue weighted by molar-refractivity contribution is 7.92. The van der Waals surface area contributed by atoms with Crippen LogP contribution in [0.3, 0.4) is 0 Å². The van der Waals surface area contributed by atoms with Gasteiger partial charge in [-0.3, -0.25) is 4.72 Å². The first-order valence-electron chi connectivity index (χ1n) is 11.5. The van der Waals surface area contributed by atoms with Crippen LogP contribution < -0.4 is 14.2 Å². The number of ether oxygens (including phenoxy) is 3. The molecule has 0 radical (unpaired) electrons. The van der Waals surface area contributed by atoms with E-state index < -0.39 is 33.6 Å². The van der Waals surface area contributed by atoms with E-state index in [1.54, 1.807) is 6.07 Å². The lowest BCUT2D eigenvalue weighted by Crippen LogP contribution is -2.21. The molecule has 2 aromatic carbocycles. The summed E-state index contributed by atoms with van der Waals surface area (Å²) in [6, 6.07) is 11.4. The molecule has 2 aliphatic rings. The first-order valence-corrected chi connectivity index (χ1v) is 13.0. The molecule has 0 saturated carbocycles. The number of aromatic nitrogens is 1. The lowest BCUT2D eigenvalue weighted by atomic mass is 9.85. The molecule has 37 heavy (non-hydrogen) atoms. The molecular weight excluding hydrogens is 516 g/mol. The molecule has 0 spiro atoms. The molecule has 2 atom stereocenters. The summed E-state index contributed by atoms with van der Waals surface area (Å²) in [6.07, 6.45) is -3.89. The van der Waals surface area contributed by atoms with Crippen molar-refractivity contribution < 1.29 is 40.2 Å². The molecule has 12 heteroatoms. The SMILES string of the molecule is O=S(=O)(Nc1cccc(F)n1)c1ccc2c(c1)OCC[C@@H]2c1ccc(C(F)(F)F)cc1O[C@H]1CCOC1. The predicted molar refractivity (Wildman–Crippen MR) is 125 cm³/mol. The van der Waals surface area contributed by atoms with Crippen LogP contribution in [0.25, 0.3) is 0 Å². The Morgan fingerprint density at radius 3 is 2.54 bits per heavy atom.